The van der Waals surface area contributed by atoms with Crippen molar-refractivity contribution in [2.24, 2.45) is 16.3 Å². The van der Waals surface area contributed by atoms with Gasteiger partial charge in [0.15, 0.2) is 0 Å². The standard InChI is InChI=1S/C14H23N5O3/c1-13(2,15)11(21)16-7-10(20)19-6-5-9-14(3,8-19)12(22)18(4)17-9/h5-8,15H2,1-4H3,(H,16,21). The Morgan fingerprint density at radius 1 is 1.45 bits per heavy atom. The Hall–Kier alpha value is -1.96. The zero-order valence-corrected chi connectivity index (χ0v) is 13.5. The average Bonchev–Trinajstić information content (AvgIpc) is 2.65. The van der Waals surface area contributed by atoms with E-state index in [1.54, 1.807) is 32.7 Å². The number of nitrogens with two attached hydrogens (primary N) is 1. The molecule has 0 spiro atoms. The molecule has 2 aliphatic rings. The van der Waals surface area contributed by atoms with E-state index in [0.29, 0.717) is 13.0 Å². The number of carbonyl (C=O) groups excluding carboxylic acids is 3. The maximum absolute atomic E-state index is 12.3. The first kappa shape index (κ1) is 16.4. The van der Waals surface area contributed by atoms with Crippen LogP contribution in [0.1, 0.15) is 27.2 Å². The summed E-state index contributed by atoms with van der Waals surface area (Å²) in [5.74, 6) is -0.713. The number of nitrogens with zero attached hydrogens (tertiary/aromatic N) is 3. The highest BCUT2D eigenvalue weighted by Crippen LogP contribution is 2.34. The molecule has 22 heavy (non-hydrogen) atoms. The van der Waals surface area contributed by atoms with Gasteiger partial charge < -0.3 is 16.0 Å². The molecule has 1 atom stereocenters. The second-order valence-electron chi connectivity index (χ2n) is 6.68. The number of hydrazone groups is 1. The summed E-state index contributed by atoms with van der Waals surface area (Å²) in [7, 11) is 1.62. The van der Waals surface area contributed by atoms with Gasteiger partial charge in [0.25, 0.3) is 5.91 Å². The highest BCUT2D eigenvalue weighted by molar-refractivity contribution is 6.13. The van der Waals surface area contributed by atoms with Crippen LogP contribution in [0.2, 0.25) is 0 Å². The van der Waals surface area contributed by atoms with Crippen molar-refractivity contribution >= 4 is 23.4 Å². The number of rotatable bonds is 3. The van der Waals surface area contributed by atoms with Crippen molar-refractivity contribution in [1.29, 1.82) is 0 Å². The van der Waals surface area contributed by atoms with E-state index >= 15 is 0 Å². The first-order chi connectivity index (χ1) is 10.1. The van der Waals surface area contributed by atoms with Crippen molar-refractivity contribution in [3.63, 3.8) is 0 Å². The van der Waals surface area contributed by atoms with E-state index in [1.807, 2.05) is 0 Å². The fourth-order valence-electron chi connectivity index (χ4n) is 2.71. The van der Waals surface area contributed by atoms with E-state index < -0.39 is 11.0 Å². The molecule has 0 radical (unpaired) electrons. The molecule has 0 aromatic carbocycles. The second-order valence-corrected chi connectivity index (χ2v) is 6.68. The Balaban J connectivity index is 1.98. The summed E-state index contributed by atoms with van der Waals surface area (Å²) in [4.78, 5) is 37.8. The van der Waals surface area contributed by atoms with Gasteiger partial charge in [0.05, 0.1) is 17.8 Å². The highest BCUT2D eigenvalue weighted by atomic mass is 16.2. The first-order valence-corrected chi connectivity index (χ1v) is 7.27. The number of amides is 3. The molecule has 122 valence electrons. The summed E-state index contributed by atoms with van der Waals surface area (Å²) in [6, 6.07) is 0. The zero-order valence-electron chi connectivity index (χ0n) is 13.5. The maximum atomic E-state index is 12.3. The van der Waals surface area contributed by atoms with Gasteiger partial charge in [-0.3, -0.25) is 14.4 Å². The van der Waals surface area contributed by atoms with E-state index in [-0.39, 0.29) is 30.8 Å². The Labute approximate surface area is 129 Å². The molecule has 0 aromatic heterocycles. The number of hydrogen-bond acceptors (Lipinski definition) is 5. The molecule has 8 heteroatoms. The van der Waals surface area contributed by atoms with Crippen LogP contribution in [0, 0.1) is 5.41 Å². The minimum absolute atomic E-state index is 0.105. The fourth-order valence-corrected chi connectivity index (χ4v) is 2.71. The molecule has 1 fully saturated rings. The smallest absolute Gasteiger partial charge is 0.255 e. The monoisotopic (exact) mass is 309 g/mol. The third-order valence-electron chi connectivity index (χ3n) is 4.14. The molecule has 2 heterocycles. The zero-order chi connectivity index (χ0) is 16.7. The fraction of sp³-hybridized carbons (Fsp3) is 0.714. The van der Waals surface area contributed by atoms with Gasteiger partial charge in [0.2, 0.25) is 11.8 Å². The molecular formula is C14H23N5O3. The second kappa shape index (κ2) is 5.35. The normalized spacial score (nSPS) is 25.0. The molecule has 3 amide bonds. The van der Waals surface area contributed by atoms with Crippen molar-refractivity contribution in [2.45, 2.75) is 32.7 Å². The lowest BCUT2D eigenvalue weighted by Crippen LogP contribution is -2.56. The molecular weight excluding hydrogens is 286 g/mol. The molecule has 1 unspecified atom stereocenters. The van der Waals surface area contributed by atoms with Crippen LogP contribution in [-0.4, -0.2) is 65.6 Å². The van der Waals surface area contributed by atoms with Crippen molar-refractivity contribution in [3.8, 4) is 0 Å². The Morgan fingerprint density at radius 3 is 2.68 bits per heavy atom. The lowest BCUT2D eigenvalue weighted by Gasteiger charge is -2.37. The van der Waals surface area contributed by atoms with Gasteiger partial charge >= 0.3 is 0 Å². The summed E-state index contributed by atoms with van der Waals surface area (Å²) < 4.78 is 0. The van der Waals surface area contributed by atoms with Crippen LogP contribution in [0.4, 0.5) is 0 Å². The van der Waals surface area contributed by atoms with Crippen LogP contribution in [0.5, 0.6) is 0 Å². The Morgan fingerprint density at radius 2 is 2.09 bits per heavy atom. The highest BCUT2D eigenvalue weighted by Gasteiger charge is 2.49. The summed E-state index contributed by atoms with van der Waals surface area (Å²) in [6.07, 6.45) is 0.564. The number of fused-ring (bicyclic) bond motifs is 1. The van der Waals surface area contributed by atoms with Gasteiger partial charge in [-0.05, 0) is 20.8 Å². The van der Waals surface area contributed by atoms with Gasteiger partial charge in [-0.25, -0.2) is 5.01 Å². The number of carbonyl (C=O) groups is 3. The summed E-state index contributed by atoms with van der Waals surface area (Å²) >= 11 is 0. The van der Waals surface area contributed by atoms with Crippen LogP contribution in [0.3, 0.4) is 0 Å². The van der Waals surface area contributed by atoms with Gasteiger partial charge in [-0.1, -0.05) is 0 Å². The molecule has 8 nitrogen and oxygen atoms in total. The molecule has 0 aliphatic carbocycles. The average molecular weight is 309 g/mol. The van der Waals surface area contributed by atoms with E-state index in [0.717, 1.165) is 5.71 Å². The number of likely N-dealkylation sites (tertiary alicyclic amines) is 1. The summed E-state index contributed by atoms with van der Waals surface area (Å²) in [6.45, 7) is 5.62. The van der Waals surface area contributed by atoms with Crippen molar-refractivity contribution in [3.05, 3.63) is 0 Å². The van der Waals surface area contributed by atoms with E-state index in [2.05, 4.69) is 10.4 Å². The number of piperidine rings is 1. The third-order valence-corrected chi connectivity index (χ3v) is 4.14. The Kier molecular flexibility index (Phi) is 3.99. The third kappa shape index (κ3) is 2.83. The summed E-state index contributed by atoms with van der Waals surface area (Å²) in [5.41, 5.74) is 4.70. The van der Waals surface area contributed by atoms with Crippen molar-refractivity contribution in [2.75, 3.05) is 26.7 Å². The molecule has 2 rings (SSSR count). The van der Waals surface area contributed by atoms with Gasteiger partial charge in [0, 0.05) is 26.6 Å². The van der Waals surface area contributed by atoms with Crippen LogP contribution in [-0.2, 0) is 14.4 Å². The van der Waals surface area contributed by atoms with Gasteiger partial charge in [0.1, 0.15) is 5.41 Å². The summed E-state index contributed by atoms with van der Waals surface area (Å²) in [5, 5.41) is 8.11. The lowest BCUT2D eigenvalue weighted by atomic mass is 9.80. The number of hydrogen-bond donors (Lipinski definition) is 2. The van der Waals surface area contributed by atoms with Gasteiger partial charge in [-0.15, -0.1) is 0 Å². The molecule has 3 N–H and O–H groups in total. The van der Waals surface area contributed by atoms with Crippen LogP contribution >= 0.6 is 0 Å². The van der Waals surface area contributed by atoms with Crippen LogP contribution in [0.25, 0.3) is 0 Å². The molecule has 0 bridgehead atoms. The lowest BCUT2D eigenvalue weighted by molar-refractivity contribution is -0.139. The molecule has 0 saturated carbocycles. The van der Waals surface area contributed by atoms with E-state index in [1.165, 1.54) is 5.01 Å². The first-order valence-electron chi connectivity index (χ1n) is 7.27. The molecule has 1 saturated heterocycles. The van der Waals surface area contributed by atoms with Gasteiger partial charge in [-0.2, -0.15) is 5.10 Å². The number of nitrogens with one attached hydrogen (secondary N) is 1. The predicted molar refractivity (Wildman–Crippen MR) is 80.8 cm³/mol. The minimum Gasteiger partial charge on any atom is -0.345 e. The van der Waals surface area contributed by atoms with Crippen LogP contribution < -0.4 is 11.1 Å². The van der Waals surface area contributed by atoms with E-state index in [4.69, 9.17) is 5.73 Å². The maximum Gasteiger partial charge on any atom is 0.255 e. The SMILES string of the molecule is CN1N=C2CCN(C(=O)CNC(=O)C(C)(C)N)CC2(C)C1=O. The quantitative estimate of drug-likeness (QED) is 0.690. The predicted octanol–water partition coefficient (Wildman–Crippen LogP) is -1.09. The largest absolute Gasteiger partial charge is 0.345 e. The Bertz CT molecular complexity index is 551. The van der Waals surface area contributed by atoms with Crippen molar-refractivity contribution < 1.29 is 14.4 Å². The topological polar surface area (TPSA) is 108 Å². The van der Waals surface area contributed by atoms with E-state index in [9.17, 15) is 14.4 Å². The minimum atomic E-state index is -1.03. The van der Waals surface area contributed by atoms with Crippen LogP contribution in [0.15, 0.2) is 5.10 Å². The molecule has 0 aromatic rings. The molecule has 2 aliphatic heterocycles. The van der Waals surface area contributed by atoms with Crippen molar-refractivity contribution in [1.82, 2.24) is 15.2 Å².